The topological polar surface area (TPSA) is 40.6 Å². The number of amides is 2. The van der Waals surface area contributed by atoms with Gasteiger partial charge >= 0.3 is 0 Å². The van der Waals surface area contributed by atoms with Gasteiger partial charge in [0.25, 0.3) is 5.91 Å². The Morgan fingerprint density at radius 3 is 2.04 bits per heavy atom. The standard InChI is InChI=1S/C21H27ClN2O2/c22-16-12-10-15(11-13-16)20-21(26)23(17-6-4-5-7-17)14-19(25)24(20)18-8-2-1-3-9-18/h10-13,17-18,20H,1-9,14H2. The summed E-state index contributed by atoms with van der Waals surface area (Å²) in [5.74, 6) is 0.216. The highest BCUT2D eigenvalue weighted by Crippen LogP contribution is 2.37. The van der Waals surface area contributed by atoms with E-state index in [0.29, 0.717) is 5.02 Å². The monoisotopic (exact) mass is 374 g/mol. The first-order valence-corrected chi connectivity index (χ1v) is 10.4. The van der Waals surface area contributed by atoms with Crippen molar-refractivity contribution in [3.63, 3.8) is 0 Å². The molecule has 0 radical (unpaired) electrons. The fraction of sp³-hybridized carbons (Fsp3) is 0.619. The van der Waals surface area contributed by atoms with Gasteiger partial charge < -0.3 is 9.80 Å². The smallest absolute Gasteiger partial charge is 0.250 e. The van der Waals surface area contributed by atoms with Gasteiger partial charge in [-0.2, -0.15) is 0 Å². The maximum atomic E-state index is 13.5. The lowest BCUT2D eigenvalue weighted by Crippen LogP contribution is -2.60. The van der Waals surface area contributed by atoms with Crippen LogP contribution in [-0.4, -0.2) is 40.2 Å². The van der Waals surface area contributed by atoms with Crippen molar-refractivity contribution in [1.82, 2.24) is 9.80 Å². The molecule has 0 aromatic heterocycles. The van der Waals surface area contributed by atoms with Gasteiger partial charge in [0.1, 0.15) is 12.6 Å². The van der Waals surface area contributed by atoms with E-state index in [-0.39, 0.29) is 30.4 Å². The Kier molecular flexibility index (Phi) is 5.21. The molecule has 0 N–H and O–H groups in total. The third-order valence-electron chi connectivity index (χ3n) is 6.31. The van der Waals surface area contributed by atoms with Crippen LogP contribution in [0.25, 0.3) is 0 Å². The molecule has 2 saturated carbocycles. The minimum Gasteiger partial charge on any atom is -0.328 e. The van der Waals surface area contributed by atoms with Crippen LogP contribution >= 0.6 is 11.6 Å². The molecular formula is C21H27ClN2O2. The van der Waals surface area contributed by atoms with Gasteiger partial charge in [-0.25, -0.2) is 0 Å². The average molecular weight is 375 g/mol. The lowest BCUT2D eigenvalue weighted by Gasteiger charge is -2.47. The van der Waals surface area contributed by atoms with Gasteiger partial charge in [-0.05, 0) is 43.4 Å². The zero-order valence-corrected chi connectivity index (χ0v) is 16.0. The number of hydrogen-bond donors (Lipinski definition) is 0. The summed E-state index contributed by atoms with van der Waals surface area (Å²) in [5.41, 5.74) is 0.890. The molecule has 5 heteroatoms. The largest absolute Gasteiger partial charge is 0.328 e. The van der Waals surface area contributed by atoms with Crippen LogP contribution in [-0.2, 0) is 9.59 Å². The van der Waals surface area contributed by atoms with Crippen LogP contribution in [0.2, 0.25) is 5.02 Å². The summed E-state index contributed by atoms with van der Waals surface area (Å²) >= 11 is 6.06. The molecule has 1 saturated heterocycles. The van der Waals surface area contributed by atoms with E-state index in [1.54, 1.807) is 0 Å². The van der Waals surface area contributed by atoms with Crippen molar-refractivity contribution < 1.29 is 9.59 Å². The van der Waals surface area contributed by atoms with Crippen LogP contribution in [0.3, 0.4) is 0 Å². The maximum absolute atomic E-state index is 13.5. The van der Waals surface area contributed by atoms with Crippen molar-refractivity contribution in [2.45, 2.75) is 75.9 Å². The van der Waals surface area contributed by atoms with Crippen molar-refractivity contribution >= 4 is 23.4 Å². The quantitative estimate of drug-likeness (QED) is 0.790. The van der Waals surface area contributed by atoms with Crippen LogP contribution in [0.15, 0.2) is 24.3 Å². The van der Waals surface area contributed by atoms with Gasteiger partial charge in [0.2, 0.25) is 5.91 Å². The minimum absolute atomic E-state index is 0.101. The van der Waals surface area contributed by atoms with Gasteiger partial charge in [0.05, 0.1) is 0 Å². The van der Waals surface area contributed by atoms with Crippen molar-refractivity contribution in [1.29, 1.82) is 0 Å². The number of carbonyl (C=O) groups is 2. The van der Waals surface area contributed by atoms with Crippen LogP contribution in [0.4, 0.5) is 0 Å². The third-order valence-corrected chi connectivity index (χ3v) is 6.56. The molecule has 2 amide bonds. The second kappa shape index (κ2) is 7.59. The number of rotatable bonds is 3. The predicted molar refractivity (Wildman–Crippen MR) is 102 cm³/mol. The highest BCUT2D eigenvalue weighted by Gasteiger charge is 2.45. The van der Waals surface area contributed by atoms with Gasteiger partial charge in [-0.1, -0.05) is 55.8 Å². The summed E-state index contributed by atoms with van der Waals surface area (Å²) in [6.07, 6.45) is 9.88. The Bertz CT molecular complexity index is 663. The molecule has 1 unspecified atom stereocenters. The fourth-order valence-electron chi connectivity index (χ4n) is 4.97. The van der Waals surface area contributed by atoms with Gasteiger partial charge in [-0.15, -0.1) is 0 Å². The van der Waals surface area contributed by atoms with E-state index in [1.165, 1.54) is 6.42 Å². The van der Waals surface area contributed by atoms with Crippen LogP contribution in [0.5, 0.6) is 0 Å². The van der Waals surface area contributed by atoms with Crippen molar-refractivity contribution in [3.05, 3.63) is 34.9 Å². The average Bonchev–Trinajstić information content (AvgIpc) is 3.19. The highest BCUT2D eigenvalue weighted by molar-refractivity contribution is 6.30. The first-order chi connectivity index (χ1) is 12.6. The van der Waals surface area contributed by atoms with E-state index < -0.39 is 6.04 Å². The Morgan fingerprint density at radius 1 is 0.808 bits per heavy atom. The summed E-state index contributed by atoms with van der Waals surface area (Å²) in [5, 5.41) is 0.653. The summed E-state index contributed by atoms with van der Waals surface area (Å²) in [6.45, 7) is 0.254. The first kappa shape index (κ1) is 17.8. The second-order valence-corrected chi connectivity index (χ2v) is 8.39. The number of carbonyl (C=O) groups excluding carboxylic acids is 2. The SMILES string of the molecule is O=C1C(c2ccc(Cl)cc2)N(C2CCCCC2)C(=O)CN1C1CCCC1. The predicted octanol–water partition coefficient (Wildman–Crippen LogP) is 4.33. The molecule has 3 aliphatic rings. The molecular weight excluding hydrogens is 348 g/mol. The van der Waals surface area contributed by atoms with Gasteiger partial charge in [0, 0.05) is 17.1 Å². The second-order valence-electron chi connectivity index (χ2n) is 7.95. The fourth-order valence-corrected chi connectivity index (χ4v) is 5.10. The Labute approximate surface area is 160 Å². The van der Waals surface area contributed by atoms with E-state index >= 15 is 0 Å². The van der Waals surface area contributed by atoms with Crippen molar-refractivity contribution in [2.24, 2.45) is 0 Å². The first-order valence-electron chi connectivity index (χ1n) is 10.0. The summed E-state index contributed by atoms with van der Waals surface area (Å²) in [7, 11) is 0. The van der Waals surface area contributed by atoms with E-state index in [9.17, 15) is 9.59 Å². The van der Waals surface area contributed by atoms with Crippen LogP contribution in [0.1, 0.15) is 69.4 Å². The summed E-state index contributed by atoms with van der Waals surface area (Å²) < 4.78 is 0. The Hall–Kier alpha value is -1.55. The molecule has 1 aliphatic heterocycles. The molecule has 2 aliphatic carbocycles. The number of piperazine rings is 1. The number of nitrogens with zero attached hydrogens (tertiary/aromatic N) is 2. The van der Waals surface area contributed by atoms with Crippen molar-refractivity contribution in [2.75, 3.05) is 6.54 Å². The number of halogens is 1. The van der Waals surface area contributed by atoms with Crippen LogP contribution < -0.4 is 0 Å². The van der Waals surface area contributed by atoms with E-state index in [0.717, 1.165) is 56.9 Å². The number of hydrogen-bond acceptors (Lipinski definition) is 2. The molecule has 3 fully saturated rings. The molecule has 0 bridgehead atoms. The van der Waals surface area contributed by atoms with Crippen LogP contribution in [0, 0.1) is 0 Å². The molecule has 4 rings (SSSR count). The molecule has 1 atom stereocenters. The van der Waals surface area contributed by atoms with E-state index in [4.69, 9.17) is 11.6 Å². The lowest BCUT2D eigenvalue weighted by molar-refractivity contribution is -0.162. The van der Waals surface area contributed by atoms with Crippen molar-refractivity contribution in [3.8, 4) is 0 Å². The van der Waals surface area contributed by atoms with Gasteiger partial charge in [-0.3, -0.25) is 9.59 Å². The summed E-state index contributed by atoms with van der Waals surface area (Å²) in [4.78, 5) is 30.4. The molecule has 1 heterocycles. The molecule has 26 heavy (non-hydrogen) atoms. The highest BCUT2D eigenvalue weighted by atomic mass is 35.5. The molecule has 1 aromatic carbocycles. The normalized spacial score (nSPS) is 26.0. The zero-order chi connectivity index (χ0) is 18.1. The maximum Gasteiger partial charge on any atom is 0.250 e. The zero-order valence-electron chi connectivity index (χ0n) is 15.2. The molecule has 4 nitrogen and oxygen atoms in total. The Morgan fingerprint density at radius 2 is 1.38 bits per heavy atom. The Balaban J connectivity index is 1.68. The van der Waals surface area contributed by atoms with E-state index in [2.05, 4.69) is 0 Å². The van der Waals surface area contributed by atoms with Gasteiger partial charge in [0.15, 0.2) is 0 Å². The molecule has 1 aromatic rings. The number of benzene rings is 1. The lowest BCUT2D eigenvalue weighted by atomic mass is 9.90. The third kappa shape index (κ3) is 3.36. The molecule has 140 valence electrons. The van der Waals surface area contributed by atoms with E-state index in [1.807, 2.05) is 34.1 Å². The molecule has 0 spiro atoms. The minimum atomic E-state index is -0.489. The summed E-state index contributed by atoms with van der Waals surface area (Å²) in [6, 6.07) is 7.39.